The topological polar surface area (TPSA) is 84.0 Å². The number of carbonyl (C=O) groups excluding carboxylic acids is 1. The number of hydrogen-bond acceptors (Lipinski definition) is 6. The first-order valence-corrected chi connectivity index (χ1v) is 15.4. The van der Waals surface area contributed by atoms with Gasteiger partial charge in [0, 0.05) is 70.6 Å². The Labute approximate surface area is 202 Å². The van der Waals surface area contributed by atoms with Crippen LogP contribution in [0.1, 0.15) is 6.42 Å². The number of H-pyrrole nitrogens is 1. The third-order valence-corrected chi connectivity index (χ3v) is 7.69. The molecule has 1 saturated heterocycles. The second kappa shape index (κ2) is 12.2. The molecule has 3 aromatic heterocycles. The minimum absolute atomic E-state index is 0.182. The highest BCUT2D eigenvalue weighted by atomic mass is 28.3. The average molecular weight is 482 g/mol. The highest BCUT2D eigenvalue weighted by Crippen LogP contribution is 2.36. The summed E-state index contributed by atoms with van der Waals surface area (Å²) in [5, 5.41) is 0.974. The number of aromatic amines is 1. The molecule has 3 aromatic rings. The van der Waals surface area contributed by atoms with Gasteiger partial charge in [0.25, 0.3) is 0 Å². The van der Waals surface area contributed by atoms with Crippen molar-refractivity contribution in [3.63, 3.8) is 0 Å². The third-order valence-electron chi connectivity index (χ3n) is 5.98. The predicted octanol–water partition coefficient (Wildman–Crippen LogP) is 4.47. The van der Waals surface area contributed by atoms with E-state index in [4.69, 9.17) is 4.74 Å². The number of hydrogen-bond donors (Lipinski definition) is 1. The normalized spacial score (nSPS) is 18.3. The van der Waals surface area contributed by atoms with Gasteiger partial charge in [0.2, 0.25) is 0 Å². The molecular formula is C24H34BFN5O2Si. The van der Waals surface area contributed by atoms with Crippen LogP contribution in [0.2, 0.25) is 32.0 Å². The highest BCUT2D eigenvalue weighted by Gasteiger charge is 2.30. The Balaban J connectivity index is 0.000000350. The minimum Gasteiger partial charge on any atom is -0.385 e. The van der Waals surface area contributed by atoms with Crippen LogP contribution in [0.3, 0.4) is 0 Å². The smallest absolute Gasteiger partial charge is 0.198 e. The molecule has 0 aliphatic carbocycles. The summed E-state index contributed by atoms with van der Waals surface area (Å²) in [7, 11) is 2.47. The third kappa shape index (κ3) is 6.96. The second-order valence-corrected chi connectivity index (χ2v) is 15.4. The molecule has 1 aliphatic rings. The van der Waals surface area contributed by atoms with Gasteiger partial charge in [0.05, 0.1) is 17.3 Å². The molecule has 0 spiro atoms. The number of carbonyl (C=O) groups is 1. The maximum atomic E-state index is 14.3. The molecule has 0 bridgehead atoms. The zero-order chi connectivity index (χ0) is 24.6. The Morgan fingerprint density at radius 2 is 2.12 bits per heavy atom. The maximum absolute atomic E-state index is 14.3. The summed E-state index contributed by atoms with van der Waals surface area (Å²) in [6.45, 7) is 9.20. The number of alkyl halides is 1. The van der Waals surface area contributed by atoms with E-state index >= 15 is 0 Å². The van der Waals surface area contributed by atoms with Gasteiger partial charge >= 0.3 is 0 Å². The van der Waals surface area contributed by atoms with Gasteiger partial charge in [-0.15, -0.1) is 0 Å². The standard InChI is InChI=1S/C18H18BFN5O.C6H16OSi/c20-14-3-6-25(9-12(14)7-19-10-26)16-2-5-22-18-17(16)13(8-23-18)15-1-4-21-11-24-15;1-7-5-6-8(2,3)4/h1-2,4-5,8,10-12,14H,3,6-7,9H2,(H,22,23);5-6H2,1-4H3. The Kier molecular flexibility index (Phi) is 9.35. The lowest BCUT2D eigenvalue weighted by atomic mass is 9.69. The number of aromatic nitrogens is 4. The van der Waals surface area contributed by atoms with E-state index in [1.807, 2.05) is 18.3 Å². The van der Waals surface area contributed by atoms with Crippen molar-refractivity contribution >= 4 is 38.3 Å². The number of methoxy groups -OCH3 is 1. The molecule has 0 aromatic carbocycles. The van der Waals surface area contributed by atoms with Crippen molar-refractivity contribution in [1.82, 2.24) is 19.9 Å². The molecule has 2 unspecified atom stereocenters. The lowest BCUT2D eigenvalue weighted by molar-refractivity contribution is 0.207. The van der Waals surface area contributed by atoms with E-state index in [0.717, 1.165) is 40.8 Å². The van der Waals surface area contributed by atoms with Crippen molar-refractivity contribution in [2.45, 2.75) is 44.6 Å². The quantitative estimate of drug-likeness (QED) is 0.377. The van der Waals surface area contributed by atoms with Crippen LogP contribution < -0.4 is 4.90 Å². The van der Waals surface area contributed by atoms with Crippen LogP contribution in [-0.2, 0) is 9.53 Å². The first kappa shape index (κ1) is 26.0. The highest BCUT2D eigenvalue weighted by molar-refractivity contribution is 6.76. The molecule has 7 nitrogen and oxygen atoms in total. The minimum atomic E-state index is -0.882. The summed E-state index contributed by atoms with van der Waals surface area (Å²) >= 11 is 0. The van der Waals surface area contributed by atoms with Crippen molar-refractivity contribution in [1.29, 1.82) is 0 Å². The molecule has 4 heterocycles. The van der Waals surface area contributed by atoms with E-state index in [0.29, 0.717) is 25.8 Å². The average Bonchev–Trinajstić information content (AvgIpc) is 3.27. The Morgan fingerprint density at radius 3 is 2.76 bits per heavy atom. The largest absolute Gasteiger partial charge is 0.385 e. The van der Waals surface area contributed by atoms with E-state index in [1.54, 1.807) is 19.5 Å². The molecule has 34 heavy (non-hydrogen) atoms. The van der Waals surface area contributed by atoms with E-state index in [9.17, 15) is 9.18 Å². The van der Waals surface area contributed by atoms with Crippen molar-refractivity contribution in [3.05, 3.63) is 37.1 Å². The molecule has 181 valence electrons. The number of halogens is 1. The number of rotatable bonds is 8. The lowest BCUT2D eigenvalue weighted by Gasteiger charge is -2.37. The molecule has 1 N–H and O–H groups in total. The summed E-state index contributed by atoms with van der Waals surface area (Å²) in [4.78, 5) is 28.7. The molecular weight excluding hydrogens is 448 g/mol. The number of ether oxygens (including phenoxy) is 1. The summed E-state index contributed by atoms with van der Waals surface area (Å²) in [5.74, 6) is -0.182. The van der Waals surface area contributed by atoms with Gasteiger partial charge in [-0.3, -0.25) is 0 Å². The van der Waals surface area contributed by atoms with Crippen molar-refractivity contribution < 1.29 is 13.9 Å². The summed E-state index contributed by atoms with van der Waals surface area (Å²) in [6.07, 6.45) is 7.65. The molecule has 10 heteroatoms. The van der Waals surface area contributed by atoms with Gasteiger partial charge < -0.3 is 19.4 Å². The van der Waals surface area contributed by atoms with E-state index < -0.39 is 14.2 Å². The summed E-state index contributed by atoms with van der Waals surface area (Å²) < 4.78 is 19.2. The van der Waals surface area contributed by atoms with Gasteiger partial charge in [-0.2, -0.15) is 0 Å². The molecule has 0 amide bonds. The second-order valence-electron chi connectivity index (χ2n) is 9.77. The van der Waals surface area contributed by atoms with Gasteiger partial charge in [-0.05, 0) is 24.6 Å². The van der Waals surface area contributed by atoms with Gasteiger partial charge in [-0.25, -0.2) is 19.3 Å². The van der Waals surface area contributed by atoms with Crippen LogP contribution in [0, 0.1) is 5.92 Å². The first-order valence-electron chi connectivity index (χ1n) is 11.7. The van der Waals surface area contributed by atoms with Gasteiger partial charge in [0.1, 0.15) is 18.1 Å². The van der Waals surface area contributed by atoms with Crippen molar-refractivity contribution in [2.24, 2.45) is 5.92 Å². The van der Waals surface area contributed by atoms with E-state index in [2.05, 4.69) is 44.5 Å². The maximum Gasteiger partial charge on any atom is 0.198 e. The van der Waals surface area contributed by atoms with Crippen LogP contribution in [0.4, 0.5) is 10.1 Å². The zero-order valence-corrected chi connectivity index (χ0v) is 21.5. The number of anilines is 1. The molecule has 0 saturated carbocycles. The number of fused-ring (bicyclic) bond motifs is 1. The van der Waals surface area contributed by atoms with E-state index in [-0.39, 0.29) is 5.92 Å². The molecule has 2 atom stereocenters. The SMILES string of the molecule is COCC[Si](C)(C)C.O=C[B]CC1CN(c2ccnc3[nH]cc(-c4ccncn4)c23)CCC1F. The van der Waals surface area contributed by atoms with Gasteiger partial charge in [-0.1, -0.05) is 26.0 Å². The number of pyridine rings is 1. The van der Waals surface area contributed by atoms with Gasteiger partial charge in [0.15, 0.2) is 7.28 Å². The Hall–Kier alpha value is -2.59. The number of nitrogens with one attached hydrogen (secondary N) is 1. The van der Waals surface area contributed by atoms with Crippen LogP contribution >= 0.6 is 0 Å². The molecule has 1 aliphatic heterocycles. The summed E-state index contributed by atoms with van der Waals surface area (Å²) in [6, 6.07) is 5.10. The van der Waals surface area contributed by atoms with E-state index in [1.165, 1.54) is 19.7 Å². The predicted molar refractivity (Wildman–Crippen MR) is 140 cm³/mol. The zero-order valence-electron chi connectivity index (χ0n) is 20.5. The number of piperidine rings is 1. The Morgan fingerprint density at radius 1 is 1.29 bits per heavy atom. The number of nitrogens with zero attached hydrogens (tertiary/aromatic N) is 4. The molecule has 1 radical (unpaired) electrons. The first-order chi connectivity index (χ1) is 16.3. The molecule has 4 rings (SSSR count). The van der Waals surface area contributed by atoms with Crippen LogP contribution in [0.25, 0.3) is 22.3 Å². The Bertz CT molecular complexity index is 1050. The fraction of sp³-hybridized carbons (Fsp3) is 0.500. The fourth-order valence-corrected chi connectivity index (χ4v) is 4.85. The van der Waals surface area contributed by atoms with Crippen molar-refractivity contribution in [2.75, 3.05) is 31.7 Å². The lowest BCUT2D eigenvalue weighted by Crippen LogP contribution is -2.42. The van der Waals surface area contributed by atoms with Crippen molar-refractivity contribution in [3.8, 4) is 11.3 Å². The fourth-order valence-electron chi connectivity index (χ4n) is 4.04. The monoisotopic (exact) mass is 482 g/mol. The molecule has 1 fully saturated rings. The van der Waals surface area contributed by atoms with Crippen LogP contribution in [-0.4, -0.2) is 74.5 Å². The van der Waals surface area contributed by atoms with Crippen LogP contribution in [0.5, 0.6) is 0 Å². The summed E-state index contributed by atoms with van der Waals surface area (Å²) in [5.41, 5.74) is 3.54. The van der Waals surface area contributed by atoms with Crippen LogP contribution in [0.15, 0.2) is 37.1 Å².